The summed E-state index contributed by atoms with van der Waals surface area (Å²) in [6.07, 6.45) is 0.0958. The minimum absolute atomic E-state index is 0. The van der Waals surface area contributed by atoms with Gasteiger partial charge in [-0.05, 0) is 19.1 Å². The largest absolute Gasteiger partial charge is 0.352 e. The zero-order chi connectivity index (χ0) is 15.4. The average molecular weight is 327 g/mol. The van der Waals surface area contributed by atoms with Crippen LogP contribution < -0.4 is 22.2 Å². The molecule has 0 saturated carbocycles. The molecule has 1 aromatic heterocycles. The number of aryl methyl sites for hydroxylation is 1. The second-order valence-electron chi connectivity index (χ2n) is 4.90. The highest BCUT2D eigenvalue weighted by molar-refractivity contribution is 5.85. The minimum Gasteiger partial charge on any atom is -0.352 e. The molecule has 120 valence electrons. The summed E-state index contributed by atoms with van der Waals surface area (Å²) in [4.78, 5) is 35.8. The summed E-state index contributed by atoms with van der Waals surface area (Å²) in [6.45, 7) is 2.25. The van der Waals surface area contributed by atoms with Gasteiger partial charge in [0.05, 0.1) is 17.3 Å². The number of carbonyl (C=O) groups is 1. The van der Waals surface area contributed by atoms with Gasteiger partial charge in [-0.1, -0.05) is 12.1 Å². The van der Waals surface area contributed by atoms with Crippen LogP contribution in [-0.4, -0.2) is 28.3 Å². The molecule has 4 N–H and O–H groups in total. The van der Waals surface area contributed by atoms with E-state index in [1.807, 2.05) is 0 Å². The monoisotopic (exact) mass is 326 g/mol. The molecule has 0 fully saturated rings. The number of nitrogens with zero attached hydrogens (tertiary/aromatic N) is 1. The molecule has 0 saturated heterocycles. The Bertz CT molecular complexity index is 769. The highest BCUT2D eigenvalue weighted by Crippen LogP contribution is 2.02. The van der Waals surface area contributed by atoms with E-state index in [0.29, 0.717) is 17.3 Å². The molecule has 1 aromatic carbocycles. The van der Waals surface area contributed by atoms with E-state index in [1.54, 1.807) is 31.2 Å². The number of hydrogen-bond donors (Lipinski definition) is 3. The third kappa shape index (κ3) is 3.96. The van der Waals surface area contributed by atoms with Crippen molar-refractivity contribution in [2.45, 2.75) is 25.9 Å². The van der Waals surface area contributed by atoms with Crippen molar-refractivity contribution in [2.75, 3.05) is 6.54 Å². The number of halogens is 1. The third-order valence-electron chi connectivity index (χ3n) is 3.21. The maximum absolute atomic E-state index is 12.2. The third-order valence-corrected chi connectivity index (χ3v) is 3.21. The first kappa shape index (κ1) is 17.9. The molecule has 2 rings (SSSR count). The lowest BCUT2D eigenvalue weighted by atomic mass is 10.2. The first-order valence-electron chi connectivity index (χ1n) is 6.74. The molecule has 22 heavy (non-hydrogen) atoms. The van der Waals surface area contributed by atoms with E-state index in [1.165, 1.54) is 0 Å². The Morgan fingerprint density at radius 1 is 1.32 bits per heavy atom. The van der Waals surface area contributed by atoms with Gasteiger partial charge >= 0.3 is 0 Å². The van der Waals surface area contributed by atoms with Gasteiger partial charge in [0.15, 0.2) is 0 Å². The molecule has 0 aliphatic carbocycles. The fourth-order valence-corrected chi connectivity index (χ4v) is 2.02. The fraction of sp³-hybridized carbons (Fsp3) is 0.357. The number of H-pyrrole nitrogens is 1. The van der Waals surface area contributed by atoms with Gasteiger partial charge in [-0.3, -0.25) is 19.5 Å². The quantitative estimate of drug-likeness (QED) is 0.716. The van der Waals surface area contributed by atoms with E-state index in [9.17, 15) is 14.4 Å². The number of nitrogens with one attached hydrogen (secondary N) is 2. The fourth-order valence-electron chi connectivity index (χ4n) is 2.02. The van der Waals surface area contributed by atoms with Crippen molar-refractivity contribution in [3.63, 3.8) is 0 Å². The lowest BCUT2D eigenvalue weighted by Crippen LogP contribution is -2.39. The molecular weight excluding hydrogens is 308 g/mol. The zero-order valence-electron chi connectivity index (χ0n) is 12.2. The smallest absolute Gasteiger partial charge is 0.273 e. The standard InChI is InChI=1S/C14H18N4O3.ClH/c1-9(8-15)16-12(19)6-7-18-14(21)11-5-3-2-4-10(11)13(20)17-18;/h2-5,9H,6-8,15H2,1H3,(H,16,19)(H,17,20);1H/t9-;/m0./s1. The predicted octanol–water partition coefficient (Wildman–Crippen LogP) is -0.0349. The summed E-state index contributed by atoms with van der Waals surface area (Å²) in [5.41, 5.74) is 4.76. The summed E-state index contributed by atoms with van der Waals surface area (Å²) >= 11 is 0. The van der Waals surface area contributed by atoms with Crippen LogP contribution >= 0.6 is 12.4 Å². The molecule has 2 aromatic rings. The number of aromatic nitrogens is 2. The van der Waals surface area contributed by atoms with Crippen LogP contribution in [0.5, 0.6) is 0 Å². The first-order chi connectivity index (χ1) is 10.0. The van der Waals surface area contributed by atoms with E-state index in [2.05, 4.69) is 10.4 Å². The number of hydrogen-bond acceptors (Lipinski definition) is 4. The highest BCUT2D eigenvalue weighted by atomic mass is 35.5. The summed E-state index contributed by atoms with van der Waals surface area (Å²) in [6, 6.07) is 6.46. The lowest BCUT2D eigenvalue weighted by Gasteiger charge is -2.12. The van der Waals surface area contributed by atoms with E-state index < -0.39 is 0 Å². The topological polar surface area (TPSA) is 110 Å². The average Bonchev–Trinajstić information content (AvgIpc) is 2.49. The van der Waals surface area contributed by atoms with Gasteiger partial charge in [-0.2, -0.15) is 0 Å². The number of amides is 1. The van der Waals surface area contributed by atoms with Crippen molar-refractivity contribution in [3.05, 3.63) is 45.0 Å². The number of benzene rings is 1. The first-order valence-corrected chi connectivity index (χ1v) is 6.74. The molecule has 0 bridgehead atoms. The van der Waals surface area contributed by atoms with Crippen molar-refractivity contribution in [3.8, 4) is 0 Å². The van der Waals surface area contributed by atoms with Gasteiger partial charge in [0.25, 0.3) is 11.1 Å². The van der Waals surface area contributed by atoms with E-state index in [-0.39, 0.29) is 48.4 Å². The van der Waals surface area contributed by atoms with Gasteiger partial charge in [0.2, 0.25) is 5.91 Å². The van der Waals surface area contributed by atoms with Crippen LogP contribution in [0, 0.1) is 0 Å². The van der Waals surface area contributed by atoms with Crippen LogP contribution in [0.1, 0.15) is 13.3 Å². The Kier molecular flexibility index (Phi) is 6.33. The van der Waals surface area contributed by atoms with Crippen LogP contribution in [0.25, 0.3) is 10.8 Å². The molecular formula is C14H19ClN4O3. The predicted molar refractivity (Wildman–Crippen MR) is 87.4 cm³/mol. The molecule has 1 amide bonds. The lowest BCUT2D eigenvalue weighted by molar-refractivity contribution is -0.121. The van der Waals surface area contributed by atoms with Gasteiger partial charge in [0, 0.05) is 19.0 Å². The Balaban J connectivity index is 0.00000242. The molecule has 0 spiro atoms. The summed E-state index contributed by atoms with van der Waals surface area (Å²) in [5, 5.41) is 5.88. The molecule has 0 radical (unpaired) electrons. The second-order valence-corrected chi connectivity index (χ2v) is 4.90. The van der Waals surface area contributed by atoms with Crippen molar-refractivity contribution < 1.29 is 4.79 Å². The van der Waals surface area contributed by atoms with Crippen molar-refractivity contribution in [1.82, 2.24) is 15.1 Å². The summed E-state index contributed by atoms with van der Waals surface area (Å²) < 4.78 is 1.16. The van der Waals surface area contributed by atoms with E-state index in [4.69, 9.17) is 5.73 Å². The Hall–Kier alpha value is -2.12. The number of carbonyl (C=O) groups excluding carboxylic acids is 1. The second kappa shape index (κ2) is 7.77. The maximum atomic E-state index is 12.2. The van der Waals surface area contributed by atoms with Crippen LogP contribution in [0.2, 0.25) is 0 Å². The van der Waals surface area contributed by atoms with Gasteiger partial charge in [0.1, 0.15) is 0 Å². The van der Waals surface area contributed by atoms with Crippen LogP contribution in [0.3, 0.4) is 0 Å². The van der Waals surface area contributed by atoms with Gasteiger partial charge in [-0.25, -0.2) is 4.68 Å². The molecule has 7 nitrogen and oxygen atoms in total. The highest BCUT2D eigenvalue weighted by Gasteiger charge is 2.09. The summed E-state index contributed by atoms with van der Waals surface area (Å²) in [7, 11) is 0. The molecule has 0 aliphatic heterocycles. The normalized spacial score (nSPS) is 11.7. The van der Waals surface area contributed by atoms with Crippen molar-refractivity contribution >= 4 is 29.1 Å². The Labute approximate surface area is 132 Å². The molecule has 0 unspecified atom stereocenters. The maximum Gasteiger partial charge on any atom is 0.273 e. The minimum atomic E-state index is -0.346. The van der Waals surface area contributed by atoms with Crippen LogP contribution in [-0.2, 0) is 11.3 Å². The van der Waals surface area contributed by atoms with Gasteiger partial charge < -0.3 is 11.1 Å². The van der Waals surface area contributed by atoms with E-state index >= 15 is 0 Å². The molecule has 8 heteroatoms. The van der Waals surface area contributed by atoms with Crippen molar-refractivity contribution in [1.29, 1.82) is 0 Å². The zero-order valence-corrected chi connectivity index (χ0v) is 13.0. The SMILES string of the molecule is C[C@@H](CN)NC(=O)CCn1[nH]c(=O)c2ccccc2c1=O.Cl. The van der Waals surface area contributed by atoms with Gasteiger partial charge in [-0.15, -0.1) is 12.4 Å². The van der Waals surface area contributed by atoms with Crippen molar-refractivity contribution in [2.24, 2.45) is 5.73 Å². The van der Waals surface area contributed by atoms with E-state index in [0.717, 1.165) is 4.68 Å². The van der Waals surface area contributed by atoms with Crippen LogP contribution in [0.15, 0.2) is 33.9 Å². The molecule has 1 heterocycles. The Morgan fingerprint density at radius 3 is 2.59 bits per heavy atom. The number of aromatic amines is 1. The number of rotatable bonds is 5. The molecule has 1 atom stereocenters. The Morgan fingerprint density at radius 2 is 1.95 bits per heavy atom. The molecule has 0 aliphatic rings. The summed E-state index contributed by atoms with van der Waals surface area (Å²) in [5.74, 6) is -0.214. The number of fused-ring (bicyclic) bond motifs is 1. The number of nitrogens with two attached hydrogens (primary N) is 1. The van der Waals surface area contributed by atoms with Crippen LogP contribution in [0.4, 0.5) is 0 Å².